The Hall–Kier alpha value is -2.43. The molecule has 126 valence electrons. The van der Waals surface area contributed by atoms with Gasteiger partial charge in [0.25, 0.3) is 0 Å². The van der Waals surface area contributed by atoms with Crippen molar-refractivity contribution in [2.45, 2.75) is 31.8 Å². The number of rotatable bonds is 5. The molecule has 1 saturated carbocycles. The van der Waals surface area contributed by atoms with Gasteiger partial charge in [-0.3, -0.25) is 0 Å². The third-order valence-electron chi connectivity index (χ3n) is 4.33. The van der Waals surface area contributed by atoms with Gasteiger partial charge in [-0.2, -0.15) is 0 Å². The minimum absolute atomic E-state index is 0.0247. The first-order valence-electron chi connectivity index (χ1n) is 8.11. The highest BCUT2D eigenvalue weighted by Crippen LogP contribution is 2.40. The number of carbonyl (C=O) groups is 1. The maximum atomic E-state index is 13.3. The number of hydrogen-bond donors (Lipinski definition) is 2. The molecule has 2 unspecified atom stereocenters. The normalized spacial score (nSPS) is 16.3. The van der Waals surface area contributed by atoms with Crippen LogP contribution in [-0.4, -0.2) is 6.03 Å². The molecule has 24 heavy (non-hydrogen) atoms. The van der Waals surface area contributed by atoms with Crippen molar-refractivity contribution in [3.05, 3.63) is 71.3 Å². The maximum absolute atomic E-state index is 13.3. The minimum Gasteiger partial charge on any atom is -0.332 e. The Kier molecular flexibility index (Phi) is 4.79. The molecule has 0 aliphatic heterocycles. The van der Waals surface area contributed by atoms with Crippen LogP contribution in [0.5, 0.6) is 0 Å². The predicted octanol–water partition coefficient (Wildman–Crippen LogP) is 4.48. The van der Waals surface area contributed by atoms with Crippen molar-refractivity contribution >= 4 is 6.03 Å². The molecule has 2 N–H and O–H groups in total. The summed E-state index contributed by atoms with van der Waals surface area (Å²) in [6, 6.07) is 12.7. The molecule has 2 amide bonds. The van der Waals surface area contributed by atoms with E-state index >= 15 is 0 Å². The summed E-state index contributed by atoms with van der Waals surface area (Å²) in [5.74, 6) is -1.35. The van der Waals surface area contributed by atoms with Crippen molar-refractivity contribution in [3.8, 4) is 0 Å². The zero-order valence-electron chi connectivity index (χ0n) is 13.4. The van der Waals surface area contributed by atoms with E-state index in [0.717, 1.165) is 30.5 Å². The van der Waals surface area contributed by atoms with Crippen LogP contribution in [0, 0.1) is 17.6 Å². The van der Waals surface area contributed by atoms with Gasteiger partial charge in [0.2, 0.25) is 0 Å². The standard InChI is InChI=1S/C19H20F2N2O/c1-12(15-9-10-16(20)17(21)11-15)22-19(24)23-18(14-7-8-14)13-5-3-2-4-6-13/h2-6,9-12,14,18H,7-8H2,1H3,(H2,22,23,24). The Labute approximate surface area is 140 Å². The number of hydrogen-bond acceptors (Lipinski definition) is 1. The molecular formula is C19H20F2N2O. The molecule has 0 bridgehead atoms. The van der Waals surface area contributed by atoms with E-state index in [-0.39, 0.29) is 12.1 Å². The van der Waals surface area contributed by atoms with E-state index in [2.05, 4.69) is 10.6 Å². The molecule has 0 aromatic heterocycles. The van der Waals surface area contributed by atoms with Crippen LogP contribution in [0.25, 0.3) is 0 Å². The second kappa shape index (κ2) is 6.99. The van der Waals surface area contributed by atoms with Crippen molar-refractivity contribution in [2.24, 2.45) is 5.92 Å². The maximum Gasteiger partial charge on any atom is 0.315 e. The average Bonchev–Trinajstić information content (AvgIpc) is 3.40. The number of benzene rings is 2. The smallest absolute Gasteiger partial charge is 0.315 e. The lowest BCUT2D eigenvalue weighted by molar-refractivity contribution is 0.232. The lowest BCUT2D eigenvalue weighted by atomic mass is 10.0. The van der Waals surface area contributed by atoms with Crippen LogP contribution in [0.1, 0.15) is 43.0 Å². The average molecular weight is 330 g/mol. The Morgan fingerprint density at radius 1 is 1.00 bits per heavy atom. The van der Waals surface area contributed by atoms with Crippen molar-refractivity contribution in [1.82, 2.24) is 10.6 Å². The van der Waals surface area contributed by atoms with Crippen LogP contribution in [0.2, 0.25) is 0 Å². The highest BCUT2D eigenvalue weighted by Gasteiger charge is 2.33. The molecule has 0 spiro atoms. The van der Waals surface area contributed by atoms with Crippen molar-refractivity contribution in [1.29, 1.82) is 0 Å². The van der Waals surface area contributed by atoms with Gasteiger partial charge in [-0.15, -0.1) is 0 Å². The van der Waals surface area contributed by atoms with Gasteiger partial charge < -0.3 is 10.6 Å². The summed E-state index contributed by atoms with van der Waals surface area (Å²) in [4.78, 5) is 12.3. The molecule has 0 heterocycles. The van der Waals surface area contributed by atoms with Crippen molar-refractivity contribution < 1.29 is 13.6 Å². The summed E-state index contributed by atoms with van der Waals surface area (Å²) in [6.07, 6.45) is 2.19. The Bertz CT molecular complexity index is 717. The van der Waals surface area contributed by atoms with Crippen LogP contribution in [0.3, 0.4) is 0 Å². The number of nitrogens with one attached hydrogen (secondary N) is 2. The molecule has 0 radical (unpaired) electrons. The van der Waals surface area contributed by atoms with Gasteiger partial charge in [-0.25, -0.2) is 13.6 Å². The summed E-state index contributed by atoms with van der Waals surface area (Å²) < 4.78 is 26.3. The quantitative estimate of drug-likeness (QED) is 0.834. The van der Waals surface area contributed by atoms with Gasteiger partial charge in [-0.1, -0.05) is 36.4 Å². The summed E-state index contributed by atoms with van der Waals surface area (Å²) in [7, 11) is 0. The first-order chi connectivity index (χ1) is 11.5. The Morgan fingerprint density at radius 3 is 2.33 bits per heavy atom. The summed E-state index contributed by atoms with van der Waals surface area (Å²) in [5.41, 5.74) is 1.60. The van der Waals surface area contributed by atoms with E-state index in [1.54, 1.807) is 6.92 Å². The van der Waals surface area contributed by atoms with Gasteiger partial charge in [0.15, 0.2) is 11.6 Å². The van der Waals surface area contributed by atoms with Crippen molar-refractivity contribution in [2.75, 3.05) is 0 Å². The van der Waals surface area contributed by atoms with Gasteiger partial charge in [0.1, 0.15) is 0 Å². The first kappa shape index (κ1) is 16.4. The zero-order chi connectivity index (χ0) is 17.1. The molecule has 3 rings (SSSR count). The molecular weight excluding hydrogens is 310 g/mol. The van der Waals surface area contributed by atoms with Crippen LogP contribution in [0.4, 0.5) is 13.6 Å². The van der Waals surface area contributed by atoms with Gasteiger partial charge in [0.05, 0.1) is 12.1 Å². The molecule has 2 aromatic rings. The third kappa shape index (κ3) is 3.91. The SMILES string of the molecule is CC(NC(=O)NC(c1ccccc1)C1CC1)c1ccc(F)c(F)c1. The second-order valence-electron chi connectivity index (χ2n) is 6.24. The van der Waals surface area contributed by atoms with Gasteiger partial charge in [0, 0.05) is 0 Å². The largest absolute Gasteiger partial charge is 0.332 e. The monoisotopic (exact) mass is 330 g/mol. The van der Waals surface area contributed by atoms with E-state index in [4.69, 9.17) is 0 Å². The molecule has 3 nitrogen and oxygen atoms in total. The molecule has 5 heteroatoms. The fraction of sp³-hybridized carbons (Fsp3) is 0.316. The molecule has 2 aromatic carbocycles. The summed E-state index contributed by atoms with van der Waals surface area (Å²) in [5, 5.41) is 5.79. The highest BCUT2D eigenvalue weighted by atomic mass is 19.2. The fourth-order valence-corrected chi connectivity index (χ4v) is 2.81. The first-order valence-corrected chi connectivity index (χ1v) is 8.11. The Balaban J connectivity index is 1.64. The van der Waals surface area contributed by atoms with Crippen LogP contribution in [0.15, 0.2) is 48.5 Å². The van der Waals surface area contributed by atoms with Gasteiger partial charge in [-0.05, 0) is 48.9 Å². The minimum atomic E-state index is -0.915. The van der Waals surface area contributed by atoms with E-state index in [1.807, 2.05) is 30.3 Å². The number of halogens is 2. The lowest BCUT2D eigenvalue weighted by Gasteiger charge is -2.21. The predicted molar refractivity (Wildman–Crippen MR) is 88.3 cm³/mol. The van der Waals surface area contributed by atoms with Crippen molar-refractivity contribution in [3.63, 3.8) is 0 Å². The fourth-order valence-electron chi connectivity index (χ4n) is 2.81. The van der Waals surface area contributed by atoms with Gasteiger partial charge >= 0.3 is 6.03 Å². The summed E-state index contributed by atoms with van der Waals surface area (Å²) in [6.45, 7) is 1.74. The number of amides is 2. The summed E-state index contributed by atoms with van der Waals surface area (Å²) >= 11 is 0. The third-order valence-corrected chi connectivity index (χ3v) is 4.33. The van der Waals surface area contributed by atoms with E-state index in [1.165, 1.54) is 6.07 Å². The number of carbonyl (C=O) groups excluding carboxylic acids is 1. The highest BCUT2D eigenvalue weighted by molar-refractivity contribution is 5.75. The molecule has 1 aliphatic rings. The van der Waals surface area contributed by atoms with E-state index in [0.29, 0.717) is 11.5 Å². The van der Waals surface area contributed by atoms with E-state index < -0.39 is 17.7 Å². The van der Waals surface area contributed by atoms with E-state index in [9.17, 15) is 13.6 Å². The second-order valence-corrected chi connectivity index (χ2v) is 6.24. The molecule has 0 saturated heterocycles. The van der Waals surface area contributed by atoms with Crippen LogP contribution < -0.4 is 10.6 Å². The molecule has 1 aliphatic carbocycles. The van der Waals surface area contributed by atoms with Crippen LogP contribution >= 0.6 is 0 Å². The topological polar surface area (TPSA) is 41.1 Å². The Morgan fingerprint density at radius 2 is 1.71 bits per heavy atom. The van der Waals surface area contributed by atoms with Crippen LogP contribution in [-0.2, 0) is 0 Å². The lowest BCUT2D eigenvalue weighted by Crippen LogP contribution is -2.40. The zero-order valence-corrected chi connectivity index (χ0v) is 13.4. The molecule has 2 atom stereocenters. The number of urea groups is 1. The molecule has 1 fully saturated rings.